The van der Waals surface area contributed by atoms with Crippen LogP contribution in [0.1, 0.15) is 38.2 Å². The summed E-state index contributed by atoms with van der Waals surface area (Å²) in [7, 11) is 0. The monoisotopic (exact) mass is 243 g/mol. The molecule has 2 nitrogen and oxygen atoms in total. The number of hydrogen-bond acceptors (Lipinski definition) is 2. The predicted octanol–water partition coefficient (Wildman–Crippen LogP) is 4.10. The van der Waals surface area contributed by atoms with Gasteiger partial charge >= 0.3 is 0 Å². The molecule has 2 atom stereocenters. The first-order chi connectivity index (χ1) is 8.84. The van der Waals surface area contributed by atoms with E-state index in [1.165, 1.54) is 36.6 Å². The highest BCUT2D eigenvalue weighted by molar-refractivity contribution is 5.80. The Morgan fingerprint density at radius 3 is 2.94 bits per heavy atom. The number of nitrogens with one attached hydrogen (secondary N) is 1. The summed E-state index contributed by atoms with van der Waals surface area (Å²) in [4.78, 5) is 0. The summed E-state index contributed by atoms with van der Waals surface area (Å²) < 4.78 is 5.58. The second kappa shape index (κ2) is 5.15. The Labute approximate surface area is 108 Å². The molecule has 96 valence electrons. The first kappa shape index (κ1) is 11.8. The van der Waals surface area contributed by atoms with Crippen molar-refractivity contribution in [3.63, 3.8) is 0 Å². The van der Waals surface area contributed by atoms with Gasteiger partial charge in [0.15, 0.2) is 0 Å². The normalized spacial score (nSPS) is 24.5. The van der Waals surface area contributed by atoms with E-state index >= 15 is 0 Å². The number of furan rings is 1. The number of rotatable bonds is 3. The lowest BCUT2D eigenvalue weighted by molar-refractivity contribution is 0.279. The zero-order valence-corrected chi connectivity index (χ0v) is 11.0. The molecule has 1 saturated carbocycles. The minimum atomic E-state index is 0.674. The number of para-hydroxylation sites is 1. The number of hydrogen-bond donors (Lipinski definition) is 1. The largest absolute Gasteiger partial charge is 0.464 e. The van der Waals surface area contributed by atoms with Crippen LogP contribution in [0.3, 0.4) is 0 Å². The maximum Gasteiger partial charge on any atom is 0.134 e. The van der Waals surface area contributed by atoms with Gasteiger partial charge in [-0.2, -0.15) is 0 Å². The van der Waals surface area contributed by atoms with Crippen LogP contribution in [0.25, 0.3) is 11.0 Å². The molecule has 1 aromatic heterocycles. The van der Waals surface area contributed by atoms with Crippen molar-refractivity contribution in [2.24, 2.45) is 5.92 Å². The van der Waals surface area contributed by atoms with Gasteiger partial charge in [-0.1, -0.05) is 38.0 Å². The fraction of sp³-hybridized carbons (Fsp3) is 0.500. The Balaban J connectivity index is 1.69. The minimum absolute atomic E-state index is 0.674. The Bertz CT molecular complexity index is 517. The summed E-state index contributed by atoms with van der Waals surface area (Å²) in [6.07, 6.45) is 7.34. The molecule has 1 fully saturated rings. The van der Waals surface area contributed by atoms with Gasteiger partial charge in [0.25, 0.3) is 0 Å². The van der Waals surface area contributed by atoms with Crippen LogP contribution in [0, 0.1) is 5.92 Å². The van der Waals surface area contributed by atoms with Gasteiger partial charge in [-0.15, -0.1) is 0 Å². The second-order valence-corrected chi connectivity index (χ2v) is 5.51. The molecule has 1 aromatic carbocycles. The summed E-state index contributed by atoms with van der Waals surface area (Å²) >= 11 is 0. The zero-order chi connectivity index (χ0) is 12.4. The van der Waals surface area contributed by atoms with Crippen molar-refractivity contribution in [2.45, 2.75) is 45.2 Å². The van der Waals surface area contributed by atoms with Gasteiger partial charge in [0, 0.05) is 23.5 Å². The molecule has 0 saturated heterocycles. The van der Waals surface area contributed by atoms with E-state index in [9.17, 15) is 0 Å². The number of fused-ring (bicyclic) bond motifs is 1. The minimum Gasteiger partial charge on any atom is -0.464 e. The second-order valence-electron chi connectivity index (χ2n) is 5.51. The molecule has 0 radical (unpaired) electrons. The fourth-order valence-electron chi connectivity index (χ4n) is 3.03. The molecule has 0 amide bonds. The average molecular weight is 243 g/mol. The van der Waals surface area contributed by atoms with Crippen LogP contribution >= 0.6 is 0 Å². The van der Waals surface area contributed by atoms with Gasteiger partial charge in [-0.25, -0.2) is 0 Å². The fourth-order valence-corrected chi connectivity index (χ4v) is 3.03. The van der Waals surface area contributed by atoms with Crippen LogP contribution in [-0.4, -0.2) is 6.04 Å². The van der Waals surface area contributed by atoms with E-state index in [1.807, 2.05) is 18.4 Å². The van der Waals surface area contributed by atoms with Crippen LogP contribution in [0.2, 0.25) is 0 Å². The van der Waals surface area contributed by atoms with E-state index < -0.39 is 0 Å². The lowest BCUT2D eigenvalue weighted by atomic mass is 9.86. The van der Waals surface area contributed by atoms with Gasteiger partial charge in [-0.3, -0.25) is 0 Å². The first-order valence-electron chi connectivity index (χ1n) is 7.03. The van der Waals surface area contributed by atoms with Crippen molar-refractivity contribution >= 4 is 11.0 Å². The zero-order valence-electron chi connectivity index (χ0n) is 11.0. The third kappa shape index (κ3) is 2.30. The molecule has 2 heteroatoms. The van der Waals surface area contributed by atoms with E-state index in [0.29, 0.717) is 6.04 Å². The molecule has 3 rings (SSSR count). The van der Waals surface area contributed by atoms with Crippen molar-refractivity contribution in [2.75, 3.05) is 0 Å². The van der Waals surface area contributed by atoms with Crippen LogP contribution in [0.4, 0.5) is 0 Å². The highest BCUT2D eigenvalue weighted by Crippen LogP contribution is 2.25. The third-order valence-electron chi connectivity index (χ3n) is 4.23. The Morgan fingerprint density at radius 1 is 1.22 bits per heavy atom. The van der Waals surface area contributed by atoms with Gasteiger partial charge < -0.3 is 9.73 Å². The van der Waals surface area contributed by atoms with Gasteiger partial charge in [-0.05, 0) is 24.8 Å². The van der Waals surface area contributed by atoms with E-state index in [-0.39, 0.29) is 0 Å². The quantitative estimate of drug-likeness (QED) is 0.878. The lowest BCUT2D eigenvalue weighted by Gasteiger charge is -2.29. The van der Waals surface area contributed by atoms with Crippen molar-refractivity contribution in [1.29, 1.82) is 0 Å². The Kier molecular flexibility index (Phi) is 3.37. The third-order valence-corrected chi connectivity index (χ3v) is 4.23. The smallest absolute Gasteiger partial charge is 0.134 e. The van der Waals surface area contributed by atoms with Gasteiger partial charge in [0.2, 0.25) is 0 Å². The molecular weight excluding hydrogens is 222 g/mol. The van der Waals surface area contributed by atoms with Crippen molar-refractivity contribution < 1.29 is 4.42 Å². The first-order valence-corrected chi connectivity index (χ1v) is 7.03. The topological polar surface area (TPSA) is 25.2 Å². The lowest BCUT2D eigenvalue weighted by Crippen LogP contribution is -2.36. The standard InChI is InChI=1S/C16H21NO/c1-12-6-2-4-8-15(12)17-10-13-11-18-16-9-5-3-7-14(13)16/h3,5,7,9,11-12,15,17H,2,4,6,8,10H2,1H3. The molecule has 1 heterocycles. The summed E-state index contributed by atoms with van der Waals surface area (Å²) in [6, 6.07) is 8.94. The van der Waals surface area contributed by atoms with Crippen molar-refractivity contribution in [3.8, 4) is 0 Å². The van der Waals surface area contributed by atoms with Gasteiger partial charge in [0.05, 0.1) is 6.26 Å². The van der Waals surface area contributed by atoms with Crippen molar-refractivity contribution in [1.82, 2.24) is 5.32 Å². The Morgan fingerprint density at radius 2 is 2.06 bits per heavy atom. The average Bonchev–Trinajstić information content (AvgIpc) is 2.81. The van der Waals surface area contributed by atoms with E-state index in [2.05, 4.69) is 24.4 Å². The summed E-state index contributed by atoms with van der Waals surface area (Å²) in [5, 5.41) is 4.95. The number of benzene rings is 1. The predicted molar refractivity (Wildman–Crippen MR) is 74.5 cm³/mol. The van der Waals surface area contributed by atoms with Crippen LogP contribution in [0.5, 0.6) is 0 Å². The molecular formula is C16H21NO. The van der Waals surface area contributed by atoms with Crippen LogP contribution in [0.15, 0.2) is 34.9 Å². The maximum atomic E-state index is 5.58. The molecule has 18 heavy (non-hydrogen) atoms. The molecule has 2 aromatic rings. The summed E-state index contributed by atoms with van der Waals surface area (Å²) in [5.74, 6) is 0.803. The Hall–Kier alpha value is -1.28. The SMILES string of the molecule is CC1CCCCC1NCc1coc2ccccc12. The molecule has 0 aliphatic heterocycles. The van der Waals surface area contributed by atoms with Crippen LogP contribution < -0.4 is 5.32 Å². The molecule has 1 aliphatic rings. The van der Waals surface area contributed by atoms with Crippen LogP contribution in [-0.2, 0) is 6.54 Å². The highest BCUT2D eigenvalue weighted by Gasteiger charge is 2.20. The van der Waals surface area contributed by atoms with E-state index in [4.69, 9.17) is 4.42 Å². The molecule has 0 bridgehead atoms. The molecule has 1 N–H and O–H groups in total. The van der Waals surface area contributed by atoms with Crippen molar-refractivity contribution in [3.05, 3.63) is 36.1 Å². The van der Waals surface area contributed by atoms with E-state index in [1.54, 1.807) is 0 Å². The van der Waals surface area contributed by atoms with E-state index in [0.717, 1.165) is 18.0 Å². The summed E-state index contributed by atoms with van der Waals surface area (Å²) in [5.41, 5.74) is 2.27. The highest BCUT2D eigenvalue weighted by atomic mass is 16.3. The summed E-state index contributed by atoms with van der Waals surface area (Å²) in [6.45, 7) is 3.29. The molecule has 1 aliphatic carbocycles. The molecule has 0 spiro atoms. The van der Waals surface area contributed by atoms with Gasteiger partial charge in [0.1, 0.15) is 5.58 Å². The molecule has 2 unspecified atom stereocenters. The maximum absolute atomic E-state index is 5.58.